The molecule has 0 aliphatic carbocycles. The highest BCUT2D eigenvalue weighted by atomic mass is 16.7. The van der Waals surface area contributed by atoms with Crippen LogP contribution >= 0.6 is 0 Å². The van der Waals surface area contributed by atoms with Crippen molar-refractivity contribution in [2.45, 2.75) is 51.7 Å². The Bertz CT molecular complexity index is 685. The fraction of sp³-hybridized carbons (Fsp3) is 0.565. The molecular formula is C23H32N2O4. The number of aryl methyl sites for hydroxylation is 1. The number of hydrogen-bond acceptors (Lipinski definition) is 6. The summed E-state index contributed by atoms with van der Waals surface area (Å²) in [5.41, 5.74) is 2.13. The summed E-state index contributed by atoms with van der Waals surface area (Å²) < 4.78 is 22.3. The first-order valence-electron chi connectivity index (χ1n) is 10.7. The van der Waals surface area contributed by atoms with Crippen molar-refractivity contribution in [3.63, 3.8) is 0 Å². The monoisotopic (exact) mass is 400 g/mol. The summed E-state index contributed by atoms with van der Waals surface area (Å²) in [4.78, 5) is 9.04. The molecule has 6 nitrogen and oxygen atoms in total. The van der Waals surface area contributed by atoms with Crippen molar-refractivity contribution in [1.29, 1.82) is 0 Å². The molecule has 0 amide bonds. The second-order valence-corrected chi connectivity index (χ2v) is 7.12. The van der Waals surface area contributed by atoms with Gasteiger partial charge in [-0.2, -0.15) is 0 Å². The Morgan fingerprint density at radius 1 is 0.966 bits per heavy atom. The van der Waals surface area contributed by atoms with Crippen LogP contribution in [0.2, 0.25) is 0 Å². The summed E-state index contributed by atoms with van der Waals surface area (Å²) in [6.07, 6.45) is 9.98. The zero-order valence-electron chi connectivity index (χ0n) is 17.3. The maximum absolute atomic E-state index is 5.88. The molecule has 1 fully saturated rings. The molecule has 1 aliphatic rings. The Balaban J connectivity index is 1.39. The predicted molar refractivity (Wildman–Crippen MR) is 112 cm³/mol. The van der Waals surface area contributed by atoms with Crippen LogP contribution in [0.3, 0.4) is 0 Å². The lowest BCUT2D eigenvalue weighted by Crippen LogP contribution is -2.24. The molecule has 0 bridgehead atoms. The lowest BCUT2D eigenvalue weighted by molar-refractivity contribution is -0.105. The largest absolute Gasteiger partial charge is 0.465 e. The van der Waals surface area contributed by atoms with Gasteiger partial charge in [0.1, 0.15) is 5.75 Å². The molecule has 6 heteroatoms. The summed E-state index contributed by atoms with van der Waals surface area (Å²) in [7, 11) is 0. The molecule has 0 N–H and O–H groups in total. The summed E-state index contributed by atoms with van der Waals surface area (Å²) in [6, 6.07) is 7.89. The van der Waals surface area contributed by atoms with Gasteiger partial charge in [-0.3, -0.25) is 0 Å². The van der Waals surface area contributed by atoms with Crippen molar-refractivity contribution in [1.82, 2.24) is 9.97 Å². The molecule has 2 aromatic rings. The first-order chi connectivity index (χ1) is 14.3. The average Bonchev–Trinajstić information content (AvgIpc) is 2.77. The number of unbranched alkanes of at least 4 members (excludes halogenated alkanes) is 1. The molecule has 0 spiro atoms. The van der Waals surface area contributed by atoms with E-state index in [9.17, 15) is 0 Å². The van der Waals surface area contributed by atoms with Crippen LogP contribution < -0.4 is 4.74 Å². The van der Waals surface area contributed by atoms with E-state index in [2.05, 4.69) is 9.97 Å². The molecule has 2 heterocycles. The van der Waals surface area contributed by atoms with Gasteiger partial charge in [0.25, 0.3) is 0 Å². The number of hydrogen-bond donors (Lipinski definition) is 0. The predicted octanol–water partition coefficient (Wildman–Crippen LogP) is 4.42. The Morgan fingerprint density at radius 2 is 1.76 bits per heavy atom. The third kappa shape index (κ3) is 7.72. The molecular weight excluding hydrogens is 368 g/mol. The van der Waals surface area contributed by atoms with Gasteiger partial charge in [-0.1, -0.05) is 0 Å². The summed E-state index contributed by atoms with van der Waals surface area (Å²) in [5.74, 6) is 1.55. The smallest absolute Gasteiger partial charge is 0.199 e. The zero-order valence-corrected chi connectivity index (χ0v) is 17.3. The van der Waals surface area contributed by atoms with E-state index >= 15 is 0 Å². The van der Waals surface area contributed by atoms with Crippen molar-refractivity contribution < 1.29 is 18.9 Å². The van der Waals surface area contributed by atoms with E-state index in [1.807, 2.05) is 43.6 Å². The van der Waals surface area contributed by atoms with Crippen LogP contribution in [0.15, 0.2) is 36.7 Å². The second-order valence-electron chi connectivity index (χ2n) is 7.12. The lowest BCUT2D eigenvalue weighted by atomic mass is 10.1. The minimum atomic E-state index is -0.125. The van der Waals surface area contributed by atoms with Crippen LogP contribution in [-0.4, -0.2) is 49.3 Å². The molecule has 0 radical (unpaired) electrons. The van der Waals surface area contributed by atoms with E-state index in [-0.39, 0.29) is 6.29 Å². The standard InChI is InChI=1S/C23H32N2O4/c1-2-26-15-16-27-13-5-3-7-19-17-24-23(25-18-19)20-9-11-21(12-10-20)29-22-8-4-6-14-28-22/h9-12,17-18,22H,2-8,13-16H2,1H3. The molecule has 29 heavy (non-hydrogen) atoms. The first kappa shape index (κ1) is 21.7. The third-order valence-corrected chi connectivity index (χ3v) is 4.80. The normalized spacial score (nSPS) is 16.7. The highest BCUT2D eigenvalue weighted by Crippen LogP contribution is 2.22. The Kier molecular flexibility index (Phi) is 9.36. The van der Waals surface area contributed by atoms with Gasteiger partial charge >= 0.3 is 0 Å². The lowest BCUT2D eigenvalue weighted by Gasteiger charge is -2.23. The van der Waals surface area contributed by atoms with Crippen LogP contribution in [0.5, 0.6) is 5.75 Å². The quantitative estimate of drug-likeness (QED) is 0.491. The van der Waals surface area contributed by atoms with Crippen LogP contribution in [0, 0.1) is 0 Å². The van der Waals surface area contributed by atoms with Crippen molar-refractivity contribution in [2.24, 2.45) is 0 Å². The minimum Gasteiger partial charge on any atom is -0.465 e. The molecule has 1 saturated heterocycles. The van der Waals surface area contributed by atoms with Crippen LogP contribution in [0.25, 0.3) is 11.4 Å². The Hall–Kier alpha value is -2.02. The fourth-order valence-electron chi connectivity index (χ4n) is 3.17. The van der Waals surface area contributed by atoms with E-state index in [0.29, 0.717) is 13.2 Å². The van der Waals surface area contributed by atoms with Crippen molar-refractivity contribution >= 4 is 0 Å². The fourth-order valence-corrected chi connectivity index (χ4v) is 3.17. The first-order valence-corrected chi connectivity index (χ1v) is 10.7. The van der Waals surface area contributed by atoms with Crippen LogP contribution in [0.1, 0.15) is 44.6 Å². The van der Waals surface area contributed by atoms with Gasteiger partial charge in [-0.15, -0.1) is 0 Å². The van der Waals surface area contributed by atoms with Crippen molar-refractivity contribution in [3.05, 3.63) is 42.2 Å². The third-order valence-electron chi connectivity index (χ3n) is 4.80. The molecule has 158 valence electrons. The topological polar surface area (TPSA) is 62.7 Å². The van der Waals surface area contributed by atoms with Gasteiger partial charge < -0.3 is 18.9 Å². The van der Waals surface area contributed by atoms with Gasteiger partial charge in [-0.05, 0) is 68.9 Å². The van der Waals surface area contributed by atoms with Gasteiger partial charge in [0, 0.05) is 37.6 Å². The molecule has 1 aromatic carbocycles. The Morgan fingerprint density at radius 3 is 2.48 bits per heavy atom. The van der Waals surface area contributed by atoms with E-state index in [1.54, 1.807) is 0 Å². The number of ether oxygens (including phenoxy) is 4. The van der Waals surface area contributed by atoms with E-state index in [4.69, 9.17) is 18.9 Å². The molecule has 1 atom stereocenters. The highest BCUT2D eigenvalue weighted by molar-refractivity contribution is 5.55. The maximum atomic E-state index is 5.88. The molecule has 1 aromatic heterocycles. The zero-order chi connectivity index (χ0) is 20.2. The number of aromatic nitrogens is 2. The van der Waals surface area contributed by atoms with Gasteiger partial charge in [0.2, 0.25) is 0 Å². The highest BCUT2D eigenvalue weighted by Gasteiger charge is 2.15. The molecule has 1 aliphatic heterocycles. The minimum absolute atomic E-state index is 0.125. The van der Waals surface area contributed by atoms with E-state index < -0.39 is 0 Å². The summed E-state index contributed by atoms with van der Waals surface area (Å²) >= 11 is 0. The Labute approximate surface area is 173 Å². The van der Waals surface area contributed by atoms with Crippen LogP contribution in [-0.2, 0) is 20.6 Å². The molecule has 1 unspecified atom stereocenters. The summed E-state index contributed by atoms with van der Waals surface area (Å²) in [5, 5.41) is 0. The number of rotatable bonds is 12. The maximum Gasteiger partial charge on any atom is 0.199 e. The summed E-state index contributed by atoms with van der Waals surface area (Å²) in [6.45, 7) is 5.63. The van der Waals surface area contributed by atoms with Crippen molar-refractivity contribution in [3.8, 4) is 17.1 Å². The van der Waals surface area contributed by atoms with E-state index in [0.717, 1.165) is 81.0 Å². The van der Waals surface area contributed by atoms with E-state index in [1.165, 1.54) is 0 Å². The van der Waals surface area contributed by atoms with Gasteiger partial charge in [0.05, 0.1) is 19.8 Å². The average molecular weight is 401 g/mol. The van der Waals surface area contributed by atoms with Crippen molar-refractivity contribution in [2.75, 3.05) is 33.0 Å². The van der Waals surface area contributed by atoms with Gasteiger partial charge in [0.15, 0.2) is 12.1 Å². The van der Waals surface area contributed by atoms with Crippen LogP contribution in [0.4, 0.5) is 0 Å². The molecule has 3 rings (SSSR count). The van der Waals surface area contributed by atoms with Gasteiger partial charge in [-0.25, -0.2) is 9.97 Å². The SMILES string of the molecule is CCOCCOCCCCc1cnc(-c2ccc(OC3CCCCO3)cc2)nc1. The number of nitrogens with zero attached hydrogens (tertiary/aromatic N) is 2. The number of benzene rings is 1. The second kappa shape index (κ2) is 12.5. The molecule has 0 saturated carbocycles.